The van der Waals surface area contributed by atoms with Crippen molar-refractivity contribution in [3.05, 3.63) is 53.1 Å². The summed E-state index contributed by atoms with van der Waals surface area (Å²) in [4.78, 5) is 11.9. The van der Waals surface area contributed by atoms with Gasteiger partial charge in [-0.2, -0.15) is 0 Å². The minimum absolute atomic E-state index is 0.0709. The second-order valence-electron chi connectivity index (χ2n) is 5.36. The van der Waals surface area contributed by atoms with Crippen LogP contribution in [0.15, 0.2) is 42.5 Å². The second kappa shape index (κ2) is 10.3. The van der Waals surface area contributed by atoms with Gasteiger partial charge in [0.2, 0.25) is 0 Å². The monoisotopic (exact) mass is 391 g/mol. The van der Waals surface area contributed by atoms with Gasteiger partial charge in [0.05, 0.1) is 19.9 Å². The minimum Gasteiger partial charge on any atom is -0.495 e. The van der Waals surface area contributed by atoms with E-state index in [0.717, 1.165) is 5.56 Å². The summed E-state index contributed by atoms with van der Waals surface area (Å²) in [7, 11) is 3.07. The summed E-state index contributed by atoms with van der Waals surface area (Å²) in [5, 5.41) is 3.11. The third-order valence-electron chi connectivity index (χ3n) is 3.52. The van der Waals surface area contributed by atoms with Crippen LogP contribution in [-0.2, 0) is 4.74 Å². The lowest BCUT2D eigenvalue weighted by Crippen LogP contribution is -2.18. The van der Waals surface area contributed by atoms with Crippen molar-refractivity contribution in [2.75, 3.05) is 32.8 Å². The van der Waals surface area contributed by atoms with Crippen molar-refractivity contribution in [1.29, 1.82) is 0 Å². The standard InChI is InChI=1S/C20H22ClNO5/c1-4-5-14-6-9-17(19(12-14)25-3)26-10-11-27-20(23)22-16-8-7-15(21)13-18(16)24-2/h4-9,12-13H,10-11H2,1-3H3,(H,22,23)/b5-4-. The number of carbonyl (C=O) groups excluding carboxylic acids is 1. The number of rotatable bonds is 8. The molecular formula is C20H22ClNO5. The highest BCUT2D eigenvalue weighted by atomic mass is 35.5. The summed E-state index contributed by atoms with van der Waals surface area (Å²) in [6.07, 6.45) is 3.29. The molecular weight excluding hydrogens is 370 g/mol. The quantitative estimate of drug-likeness (QED) is 0.640. The number of halogens is 1. The Balaban J connectivity index is 1.84. The smallest absolute Gasteiger partial charge is 0.411 e. The Morgan fingerprint density at radius 3 is 2.52 bits per heavy atom. The molecule has 2 aromatic rings. The van der Waals surface area contributed by atoms with Crippen LogP contribution in [0.5, 0.6) is 17.2 Å². The van der Waals surface area contributed by atoms with Gasteiger partial charge in [0, 0.05) is 11.1 Å². The Morgan fingerprint density at radius 2 is 1.81 bits per heavy atom. The molecule has 0 radical (unpaired) electrons. The topological polar surface area (TPSA) is 66.0 Å². The largest absolute Gasteiger partial charge is 0.495 e. The molecule has 0 saturated heterocycles. The highest BCUT2D eigenvalue weighted by Gasteiger charge is 2.10. The predicted molar refractivity (Wildman–Crippen MR) is 106 cm³/mol. The molecule has 0 aliphatic heterocycles. The molecule has 0 fully saturated rings. The number of anilines is 1. The van der Waals surface area contributed by atoms with Crippen LogP contribution in [0, 0.1) is 0 Å². The van der Waals surface area contributed by atoms with Gasteiger partial charge >= 0.3 is 6.09 Å². The molecule has 0 atom stereocenters. The van der Waals surface area contributed by atoms with E-state index in [2.05, 4.69) is 5.32 Å². The van der Waals surface area contributed by atoms with Gasteiger partial charge in [-0.3, -0.25) is 5.32 Å². The third kappa shape index (κ3) is 6.11. The molecule has 2 aromatic carbocycles. The summed E-state index contributed by atoms with van der Waals surface area (Å²) in [6, 6.07) is 10.5. The average Bonchev–Trinajstić information content (AvgIpc) is 2.67. The molecule has 0 heterocycles. The van der Waals surface area contributed by atoms with Crippen LogP contribution in [0.2, 0.25) is 5.02 Å². The van der Waals surface area contributed by atoms with E-state index in [-0.39, 0.29) is 13.2 Å². The van der Waals surface area contributed by atoms with E-state index < -0.39 is 6.09 Å². The number of amides is 1. The van der Waals surface area contributed by atoms with Crippen LogP contribution < -0.4 is 19.5 Å². The van der Waals surface area contributed by atoms with Gasteiger partial charge in [-0.05, 0) is 36.8 Å². The molecule has 0 saturated carbocycles. The first kappa shape index (κ1) is 20.5. The number of ether oxygens (including phenoxy) is 4. The van der Waals surface area contributed by atoms with Crippen molar-refractivity contribution in [3.63, 3.8) is 0 Å². The molecule has 144 valence electrons. The average molecular weight is 392 g/mol. The maximum atomic E-state index is 11.9. The van der Waals surface area contributed by atoms with E-state index in [9.17, 15) is 4.79 Å². The van der Waals surface area contributed by atoms with Crippen molar-refractivity contribution in [2.24, 2.45) is 0 Å². The zero-order valence-electron chi connectivity index (χ0n) is 15.5. The van der Waals surface area contributed by atoms with E-state index in [1.807, 2.05) is 37.3 Å². The normalized spacial score (nSPS) is 10.5. The Morgan fingerprint density at radius 1 is 1.04 bits per heavy atom. The van der Waals surface area contributed by atoms with Gasteiger partial charge in [0.1, 0.15) is 19.0 Å². The molecule has 0 spiro atoms. The summed E-state index contributed by atoms with van der Waals surface area (Å²) >= 11 is 5.89. The number of hydrogen-bond donors (Lipinski definition) is 1. The highest BCUT2D eigenvalue weighted by molar-refractivity contribution is 6.30. The number of hydrogen-bond acceptors (Lipinski definition) is 5. The first-order chi connectivity index (χ1) is 13.1. The highest BCUT2D eigenvalue weighted by Crippen LogP contribution is 2.29. The SMILES string of the molecule is C/C=C\c1ccc(OCCOC(=O)Nc2ccc(Cl)cc2OC)c(OC)c1. The van der Waals surface area contributed by atoms with Crippen LogP contribution in [0.1, 0.15) is 12.5 Å². The second-order valence-corrected chi connectivity index (χ2v) is 5.80. The zero-order chi connectivity index (χ0) is 19.6. The Labute approximate surface area is 163 Å². The fourth-order valence-electron chi connectivity index (χ4n) is 2.30. The van der Waals surface area contributed by atoms with Crippen LogP contribution in [0.3, 0.4) is 0 Å². The zero-order valence-corrected chi connectivity index (χ0v) is 16.2. The molecule has 1 N–H and O–H groups in total. The number of nitrogens with one attached hydrogen (secondary N) is 1. The van der Waals surface area contributed by atoms with Gasteiger partial charge in [-0.1, -0.05) is 29.8 Å². The number of benzene rings is 2. The number of allylic oxidation sites excluding steroid dienone is 1. The third-order valence-corrected chi connectivity index (χ3v) is 3.76. The van der Waals surface area contributed by atoms with Crippen LogP contribution >= 0.6 is 11.6 Å². The van der Waals surface area contributed by atoms with Crippen molar-refractivity contribution in [1.82, 2.24) is 0 Å². The van der Waals surface area contributed by atoms with Crippen molar-refractivity contribution in [2.45, 2.75) is 6.92 Å². The van der Waals surface area contributed by atoms with E-state index in [0.29, 0.717) is 28.0 Å². The molecule has 6 nitrogen and oxygen atoms in total. The fraction of sp³-hybridized carbons (Fsp3) is 0.250. The predicted octanol–water partition coefficient (Wildman–Crippen LogP) is 5.02. The molecule has 0 aromatic heterocycles. The molecule has 0 unspecified atom stereocenters. The van der Waals surface area contributed by atoms with E-state index in [1.165, 1.54) is 7.11 Å². The first-order valence-electron chi connectivity index (χ1n) is 8.28. The minimum atomic E-state index is -0.616. The number of carbonyl (C=O) groups is 1. The van der Waals surface area contributed by atoms with Gasteiger partial charge in [0.15, 0.2) is 11.5 Å². The Bertz CT molecular complexity index is 807. The van der Waals surface area contributed by atoms with Crippen molar-refractivity contribution < 1.29 is 23.7 Å². The van der Waals surface area contributed by atoms with Gasteiger partial charge in [0.25, 0.3) is 0 Å². The van der Waals surface area contributed by atoms with Crippen molar-refractivity contribution in [3.8, 4) is 17.2 Å². The number of methoxy groups -OCH3 is 2. The summed E-state index contributed by atoms with van der Waals surface area (Å²) < 4.78 is 21.2. The summed E-state index contributed by atoms with van der Waals surface area (Å²) in [6.45, 7) is 2.20. The Kier molecular flexibility index (Phi) is 7.82. The molecule has 2 rings (SSSR count). The van der Waals surface area contributed by atoms with Crippen LogP contribution in [-0.4, -0.2) is 33.5 Å². The molecule has 1 amide bonds. The fourth-order valence-corrected chi connectivity index (χ4v) is 2.46. The van der Waals surface area contributed by atoms with Gasteiger partial charge in [-0.15, -0.1) is 0 Å². The lowest BCUT2D eigenvalue weighted by atomic mass is 10.2. The van der Waals surface area contributed by atoms with Crippen LogP contribution in [0.4, 0.5) is 10.5 Å². The summed E-state index contributed by atoms with van der Waals surface area (Å²) in [5.41, 5.74) is 1.48. The lowest BCUT2D eigenvalue weighted by molar-refractivity contribution is 0.136. The molecule has 7 heteroatoms. The maximum absolute atomic E-state index is 11.9. The van der Waals surface area contributed by atoms with Crippen LogP contribution in [0.25, 0.3) is 6.08 Å². The van der Waals surface area contributed by atoms with E-state index >= 15 is 0 Å². The molecule has 0 bridgehead atoms. The lowest BCUT2D eigenvalue weighted by Gasteiger charge is -2.13. The molecule has 27 heavy (non-hydrogen) atoms. The van der Waals surface area contributed by atoms with Gasteiger partial charge in [-0.25, -0.2) is 4.79 Å². The first-order valence-corrected chi connectivity index (χ1v) is 8.66. The van der Waals surface area contributed by atoms with E-state index in [4.69, 9.17) is 30.5 Å². The van der Waals surface area contributed by atoms with Crippen molar-refractivity contribution >= 4 is 29.5 Å². The maximum Gasteiger partial charge on any atom is 0.411 e. The van der Waals surface area contributed by atoms with E-state index in [1.54, 1.807) is 25.3 Å². The van der Waals surface area contributed by atoms with Gasteiger partial charge < -0.3 is 18.9 Å². The Hall–Kier alpha value is -2.86. The molecule has 0 aliphatic rings. The molecule has 0 aliphatic carbocycles. The summed E-state index contributed by atoms with van der Waals surface area (Å²) in [5.74, 6) is 1.64.